The molecule has 0 saturated carbocycles. The lowest BCUT2D eigenvalue weighted by Crippen LogP contribution is -1.98. The molecular weight excluding hydrogens is 215 g/mol. The number of para-hydroxylation sites is 1. The molecule has 2 rings (SSSR count). The van der Waals surface area contributed by atoms with Crippen molar-refractivity contribution >= 4 is 0 Å². The summed E-state index contributed by atoms with van der Waals surface area (Å²) < 4.78 is 19.1. The molecule has 88 valence electrons. The van der Waals surface area contributed by atoms with Gasteiger partial charge in [0, 0.05) is 6.42 Å². The lowest BCUT2D eigenvalue weighted by molar-refractivity contribution is 0.337. The maximum Gasteiger partial charge on any atom is 0.126 e. The van der Waals surface area contributed by atoms with Crippen molar-refractivity contribution in [2.75, 3.05) is 6.61 Å². The first kappa shape index (κ1) is 11.6. The summed E-state index contributed by atoms with van der Waals surface area (Å²) in [4.78, 5) is 0. The van der Waals surface area contributed by atoms with E-state index in [1.165, 1.54) is 6.07 Å². The molecule has 1 nitrogen and oxygen atoms in total. The van der Waals surface area contributed by atoms with E-state index in [-0.39, 0.29) is 5.82 Å². The Kier molecular flexibility index (Phi) is 3.76. The fraction of sp³-hybridized carbons (Fsp3) is 0.200. The third-order valence-electron chi connectivity index (χ3n) is 2.61. The molecule has 0 N–H and O–H groups in total. The standard InChI is InChI=1S/C15H15FO/c1-2-17-15-10-6-4-8-13(15)11-12-7-3-5-9-14(12)16/h3-10H,2,11H2,1H3. The lowest BCUT2D eigenvalue weighted by atomic mass is 10.0. The van der Waals surface area contributed by atoms with Crippen molar-refractivity contribution in [3.63, 3.8) is 0 Å². The van der Waals surface area contributed by atoms with E-state index in [2.05, 4.69) is 0 Å². The summed E-state index contributed by atoms with van der Waals surface area (Å²) in [7, 11) is 0. The molecule has 0 aliphatic carbocycles. The Balaban J connectivity index is 2.27. The minimum Gasteiger partial charge on any atom is -0.494 e. The Bertz CT molecular complexity index is 494. The first-order valence-corrected chi connectivity index (χ1v) is 5.75. The number of benzene rings is 2. The molecule has 0 radical (unpaired) electrons. The van der Waals surface area contributed by atoms with Gasteiger partial charge in [-0.1, -0.05) is 36.4 Å². The Morgan fingerprint density at radius 2 is 1.59 bits per heavy atom. The van der Waals surface area contributed by atoms with Crippen LogP contribution in [0.1, 0.15) is 18.1 Å². The number of hydrogen-bond donors (Lipinski definition) is 0. The van der Waals surface area contributed by atoms with Gasteiger partial charge in [-0.15, -0.1) is 0 Å². The van der Waals surface area contributed by atoms with Crippen molar-refractivity contribution in [3.8, 4) is 5.75 Å². The first-order chi connectivity index (χ1) is 8.31. The quantitative estimate of drug-likeness (QED) is 0.776. The Hall–Kier alpha value is -1.83. The van der Waals surface area contributed by atoms with E-state index < -0.39 is 0 Å². The van der Waals surface area contributed by atoms with Crippen molar-refractivity contribution < 1.29 is 9.13 Å². The van der Waals surface area contributed by atoms with Crippen LogP contribution in [0.4, 0.5) is 4.39 Å². The van der Waals surface area contributed by atoms with Gasteiger partial charge in [0.1, 0.15) is 11.6 Å². The average Bonchev–Trinajstić information content (AvgIpc) is 2.35. The number of hydrogen-bond acceptors (Lipinski definition) is 1. The third-order valence-corrected chi connectivity index (χ3v) is 2.61. The van der Waals surface area contributed by atoms with Crippen LogP contribution in [0.15, 0.2) is 48.5 Å². The van der Waals surface area contributed by atoms with E-state index in [0.29, 0.717) is 18.6 Å². The van der Waals surface area contributed by atoms with Gasteiger partial charge in [-0.3, -0.25) is 0 Å². The monoisotopic (exact) mass is 230 g/mol. The Morgan fingerprint density at radius 3 is 2.29 bits per heavy atom. The predicted octanol–water partition coefficient (Wildman–Crippen LogP) is 3.82. The van der Waals surface area contributed by atoms with Crippen molar-refractivity contribution in [2.24, 2.45) is 0 Å². The highest BCUT2D eigenvalue weighted by atomic mass is 19.1. The molecule has 0 aromatic heterocycles. The second-order valence-corrected chi connectivity index (χ2v) is 3.81. The average molecular weight is 230 g/mol. The SMILES string of the molecule is CCOc1ccccc1Cc1ccccc1F. The summed E-state index contributed by atoms with van der Waals surface area (Å²) in [5.74, 6) is 0.664. The zero-order valence-corrected chi connectivity index (χ0v) is 9.82. The van der Waals surface area contributed by atoms with Crippen LogP contribution in [0, 0.1) is 5.82 Å². The van der Waals surface area contributed by atoms with Crippen LogP contribution in [0.2, 0.25) is 0 Å². The largest absolute Gasteiger partial charge is 0.494 e. The van der Waals surface area contributed by atoms with Crippen LogP contribution >= 0.6 is 0 Å². The number of rotatable bonds is 4. The van der Waals surface area contributed by atoms with E-state index in [0.717, 1.165) is 11.3 Å². The van der Waals surface area contributed by atoms with E-state index in [1.54, 1.807) is 12.1 Å². The van der Waals surface area contributed by atoms with Gasteiger partial charge in [0.15, 0.2) is 0 Å². The molecule has 0 saturated heterocycles. The topological polar surface area (TPSA) is 9.23 Å². The minimum absolute atomic E-state index is 0.168. The molecule has 17 heavy (non-hydrogen) atoms. The maximum atomic E-state index is 13.6. The van der Waals surface area contributed by atoms with Crippen LogP contribution in [-0.4, -0.2) is 6.61 Å². The molecule has 0 spiro atoms. The zero-order chi connectivity index (χ0) is 12.1. The van der Waals surface area contributed by atoms with E-state index >= 15 is 0 Å². The molecule has 0 heterocycles. The molecule has 0 fully saturated rings. The fourth-order valence-corrected chi connectivity index (χ4v) is 1.79. The molecule has 0 bridgehead atoms. The van der Waals surface area contributed by atoms with Crippen molar-refractivity contribution in [3.05, 3.63) is 65.5 Å². The molecule has 0 unspecified atom stereocenters. The molecular formula is C15H15FO. The lowest BCUT2D eigenvalue weighted by Gasteiger charge is -2.10. The highest BCUT2D eigenvalue weighted by Gasteiger charge is 2.06. The normalized spacial score (nSPS) is 10.2. The van der Waals surface area contributed by atoms with Crippen LogP contribution in [-0.2, 0) is 6.42 Å². The molecule has 0 aliphatic rings. The maximum absolute atomic E-state index is 13.6. The zero-order valence-electron chi connectivity index (χ0n) is 9.82. The van der Waals surface area contributed by atoms with Crippen molar-refractivity contribution in [1.29, 1.82) is 0 Å². The molecule has 2 aromatic rings. The summed E-state index contributed by atoms with van der Waals surface area (Å²) >= 11 is 0. The predicted molar refractivity (Wildman–Crippen MR) is 66.8 cm³/mol. The Morgan fingerprint density at radius 1 is 0.941 bits per heavy atom. The van der Waals surface area contributed by atoms with Crippen LogP contribution < -0.4 is 4.74 Å². The van der Waals surface area contributed by atoms with E-state index in [9.17, 15) is 4.39 Å². The minimum atomic E-state index is -0.168. The molecule has 2 aromatic carbocycles. The Labute approximate surface area is 101 Å². The number of ether oxygens (including phenoxy) is 1. The van der Waals surface area contributed by atoms with Gasteiger partial charge in [0.2, 0.25) is 0 Å². The second-order valence-electron chi connectivity index (χ2n) is 3.81. The number of halogens is 1. The summed E-state index contributed by atoms with van der Waals surface area (Å²) in [6.07, 6.45) is 0.558. The van der Waals surface area contributed by atoms with Crippen molar-refractivity contribution in [2.45, 2.75) is 13.3 Å². The fourth-order valence-electron chi connectivity index (χ4n) is 1.79. The van der Waals surface area contributed by atoms with Crippen molar-refractivity contribution in [1.82, 2.24) is 0 Å². The molecule has 2 heteroatoms. The first-order valence-electron chi connectivity index (χ1n) is 5.75. The van der Waals surface area contributed by atoms with Gasteiger partial charge >= 0.3 is 0 Å². The van der Waals surface area contributed by atoms with Gasteiger partial charge in [-0.2, -0.15) is 0 Å². The second kappa shape index (κ2) is 5.48. The van der Waals surface area contributed by atoms with Gasteiger partial charge in [0.25, 0.3) is 0 Å². The van der Waals surface area contributed by atoms with Gasteiger partial charge < -0.3 is 4.74 Å². The molecule has 0 aliphatic heterocycles. The van der Waals surface area contributed by atoms with Gasteiger partial charge in [0.05, 0.1) is 6.61 Å². The van der Waals surface area contributed by atoms with Crippen LogP contribution in [0.5, 0.6) is 5.75 Å². The van der Waals surface area contributed by atoms with E-state index in [4.69, 9.17) is 4.74 Å². The van der Waals surface area contributed by atoms with Crippen LogP contribution in [0.25, 0.3) is 0 Å². The highest BCUT2D eigenvalue weighted by Crippen LogP contribution is 2.22. The summed E-state index contributed by atoms with van der Waals surface area (Å²) in [6.45, 7) is 2.56. The summed E-state index contributed by atoms with van der Waals surface area (Å²) in [5.41, 5.74) is 1.71. The summed E-state index contributed by atoms with van der Waals surface area (Å²) in [6, 6.07) is 14.6. The smallest absolute Gasteiger partial charge is 0.126 e. The van der Waals surface area contributed by atoms with Gasteiger partial charge in [-0.05, 0) is 30.2 Å². The highest BCUT2D eigenvalue weighted by molar-refractivity contribution is 5.37. The van der Waals surface area contributed by atoms with Crippen LogP contribution in [0.3, 0.4) is 0 Å². The third kappa shape index (κ3) is 2.84. The summed E-state index contributed by atoms with van der Waals surface area (Å²) in [5, 5.41) is 0. The molecule has 0 amide bonds. The van der Waals surface area contributed by atoms with E-state index in [1.807, 2.05) is 37.3 Å². The van der Waals surface area contributed by atoms with Gasteiger partial charge in [-0.25, -0.2) is 4.39 Å². The molecule has 0 atom stereocenters.